The normalized spacial score (nSPS) is 11.4. The molecule has 0 aliphatic rings. The molecule has 0 radical (unpaired) electrons. The zero-order chi connectivity index (χ0) is 11.6. The summed E-state index contributed by atoms with van der Waals surface area (Å²) in [6, 6.07) is 7.05. The first kappa shape index (κ1) is 10.6. The van der Waals surface area contributed by atoms with Crippen LogP contribution in [0.5, 0.6) is 0 Å². The Balaban J connectivity index is 2.45. The summed E-state index contributed by atoms with van der Waals surface area (Å²) >= 11 is 0. The fourth-order valence-corrected chi connectivity index (χ4v) is 1.28. The molecule has 0 aliphatic carbocycles. The first-order valence-corrected chi connectivity index (χ1v) is 4.52. The van der Waals surface area contributed by atoms with Gasteiger partial charge in [0.15, 0.2) is 0 Å². The highest BCUT2D eigenvalue weighted by Gasteiger charge is 2.32. The van der Waals surface area contributed by atoms with Gasteiger partial charge in [0.1, 0.15) is 5.69 Å². The van der Waals surface area contributed by atoms with Crippen LogP contribution in [0.1, 0.15) is 5.69 Å². The van der Waals surface area contributed by atoms with Crippen LogP contribution in [0.4, 0.5) is 13.2 Å². The monoisotopic (exact) mass is 224 g/mol. The Bertz CT molecular complexity index is 480. The number of halogens is 3. The molecular formula is C11H7F3N2. The number of hydrogen-bond donors (Lipinski definition) is 0. The molecule has 0 amide bonds. The Morgan fingerprint density at radius 2 is 1.62 bits per heavy atom. The molecule has 2 aromatic rings. The summed E-state index contributed by atoms with van der Waals surface area (Å²) < 4.78 is 37.2. The van der Waals surface area contributed by atoms with Gasteiger partial charge in [-0.3, -0.25) is 4.98 Å². The Hall–Kier alpha value is -1.91. The molecule has 0 aliphatic heterocycles. The molecule has 82 valence electrons. The van der Waals surface area contributed by atoms with E-state index in [1.807, 2.05) is 0 Å². The van der Waals surface area contributed by atoms with Gasteiger partial charge in [0.25, 0.3) is 0 Å². The lowest BCUT2D eigenvalue weighted by atomic mass is 10.1. The third kappa shape index (κ3) is 2.18. The van der Waals surface area contributed by atoms with Crippen molar-refractivity contribution >= 4 is 0 Å². The number of rotatable bonds is 1. The van der Waals surface area contributed by atoms with Crippen molar-refractivity contribution in [1.82, 2.24) is 9.97 Å². The quantitative estimate of drug-likeness (QED) is 0.743. The van der Waals surface area contributed by atoms with E-state index in [0.717, 1.165) is 6.07 Å². The summed E-state index contributed by atoms with van der Waals surface area (Å²) in [6.45, 7) is 0. The number of hydrogen-bond acceptors (Lipinski definition) is 2. The van der Waals surface area contributed by atoms with Gasteiger partial charge < -0.3 is 0 Å². The average Bonchev–Trinajstić information content (AvgIpc) is 2.29. The smallest absolute Gasteiger partial charge is 0.265 e. The largest absolute Gasteiger partial charge is 0.433 e. The predicted molar refractivity (Wildman–Crippen MR) is 52.5 cm³/mol. The van der Waals surface area contributed by atoms with Gasteiger partial charge in [-0.1, -0.05) is 6.07 Å². The molecule has 2 heterocycles. The van der Waals surface area contributed by atoms with E-state index in [9.17, 15) is 13.2 Å². The third-order valence-electron chi connectivity index (χ3n) is 2.02. The zero-order valence-electron chi connectivity index (χ0n) is 8.07. The molecular weight excluding hydrogens is 217 g/mol. The summed E-state index contributed by atoms with van der Waals surface area (Å²) in [5.74, 6) is 0. The van der Waals surface area contributed by atoms with Crippen molar-refractivity contribution in [3.63, 3.8) is 0 Å². The summed E-state index contributed by atoms with van der Waals surface area (Å²) in [5, 5.41) is 0. The maximum Gasteiger partial charge on any atom is 0.433 e. The Morgan fingerprint density at radius 1 is 0.938 bits per heavy atom. The first-order chi connectivity index (χ1) is 7.57. The molecule has 0 aromatic carbocycles. The van der Waals surface area contributed by atoms with Gasteiger partial charge in [-0.05, 0) is 24.3 Å². The average molecular weight is 224 g/mol. The number of alkyl halides is 3. The molecule has 2 aromatic heterocycles. The van der Waals surface area contributed by atoms with E-state index in [4.69, 9.17) is 0 Å². The molecule has 0 atom stereocenters. The summed E-state index contributed by atoms with van der Waals surface area (Å²) in [6.07, 6.45) is -1.39. The molecule has 2 rings (SSSR count). The molecule has 0 spiro atoms. The van der Waals surface area contributed by atoms with Gasteiger partial charge in [-0.25, -0.2) is 4.98 Å². The second kappa shape index (κ2) is 3.92. The summed E-state index contributed by atoms with van der Waals surface area (Å²) in [4.78, 5) is 7.35. The van der Waals surface area contributed by atoms with Crippen molar-refractivity contribution in [3.05, 3.63) is 48.4 Å². The molecule has 0 saturated heterocycles. The number of aromatic nitrogens is 2. The summed E-state index contributed by atoms with van der Waals surface area (Å²) in [7, 11) is 0. The highest BCUT2D eigenvalue weighted by molar-refractivity contribution is 5.58. The van der Waals surface area contributed by atoms with Crippen LogP contribution in [-0.4, -0.2) is 9.97 Å². The van der Waals surface area contributed by atoms with Crippen LogP contribution in [0.15, 0.2) is 42.7 Å². The van der Waals surface area contributed by atoms with Gasteiger partial charge in [0.2, 0.25) is 0 Å². The zero-order valence-corrected chi connectivity index (χ0v) is 8.07. The standard InChI is InChI=1S/C11H7F3N2/c12-11(13,14)10-3-1-2-9(16-10)8-4-6-15-7-5-8/h1-7H. The van der Waals surface area contributed by atoms with Gasteiger partial charge >= 0.3 is 6.18 Å². The van der Waals surface area contributed by atoms with Crippen LogP contribution in [0.2, 0.25) is 0 Å². The van der Waals surface area contributed by atoms with Crippen LogP contribution >= 0.6 is 0 Å². The Kier molecular flexibility index (Phi) is 2.60. The molecule has 2 nitrogen and oxygen atoms in total. The highest BCUT2D eigenvalue weighted by atomic mass is 19.4. The molecule has 0 N–H and O–H groups in total. The van der Waals surface area contributed by atoms with E-state index in [1.165, 1.54) is 24.5 Å². The highest BCUT2D eigenvalue weighted by Crippen LogP contribution is 2.29. The van der Waals surface area contributed by atoms with Gasteiger partial charge in [0.05, 0.1) is 5.69 Å². The van der Waals surface area contributed by atoms with Crippen LogP contribution in [0.25, 0.3) is 11.3 Å². The Morgan fingerprint density at radius 3 is 2.25 bits per heavy atom. The lowest BCUT2D eigenvalue weighted by Crippen LogP contribution is -2.07. The van der Waals surface area contributed by atoms with E-state index in [-0.39, 0.29) is 5.69 Å². The fraction of sp³-hybridized carbons (Fsp3) is 0.0909. The number of nitrogens with zero attached hydrogens (tertiary/aromatic N) is 2. The predicted octanol–water partition coefficient (Wildman–Crippen LogP) is 3.16. The lowest BCUT2D eigenvalue weighted by Gasteiger charge is -2.07. The molecule has 0 bridgehead atoms. The van der Waals surface area contributed by atoms with Crippen LogP contribution in [0, 0.1) is 0 Å². The van der Waals surface area contributed by atoms with E-state index in [0.29, 0.717) is 5.56 Å². The topological polar surface area (TPSA) is 25.8 Å². The van der Waals surface area contributed by atoms with Gasteiger partial charge in [-0.2, -0.15) is 13.2 Å². The first-order valence-electron chi connectivity index (χ1n) is 4.52. The maximum atomic E-state index is 12.4. The van der Waals surface area contributed by atoms with Crippen LogP contribution in [-0.2, 0) is 6.18 Å². The minimum absolute atomic E-state index is 0.289. The van der Waals surface area contributed by atoms with Crippen molar-refractivity contribution in [2.45, 2.75) is 6.18 Å². The molecule has 0 saturated carbocycles. The van der Waals surface area contributed by atoms with Crippen LogP contribution in [0.3, 0.4) is 0 Å². The van der Waals surface area contributed by atoms with Gasteiger partial charge in [-0.15, -0.1) is 0 Å². The maximum absolute atomic E-state index is 12.4. The molecule has 0 unspecified atom stereocenters. The summed E-state index contributed by atoms with van der Waals surface area (Å²) in [5.41, 5.74) is 0.0140. The second-order valence-electron chi connectivity index (χ2n) is 3.14. The van der Waals surface area contributed by atoms with E-state index in [2.05, 4.69) is 9.97 Å². The molecule has 5 heteroatoms. The van der Waals surface area contributed by atoms with Crippen molar-refractivity contribution in [2.75, 3.05) is 0 Å². The van der Waals surface area contributed by atoms with Crippen molar-refractivity contribution in [3.8, 4) is 11.3 Å². The third-order valence-corrected chi connectivity index (χ3v) is 2.02. The van der Waals surface area contributed by atoms with Crippen molar-refractivity contribution in [1.29, 1.82) is 0 Å². The van der Waals surface area contributed by atoms with E-state index in [1.54, 1.807) is 12.1 Å². The number of pyridine rings is 2. The van der Waals surface area contributed by atoms with Crippen LogP contribution < -0.4 is 0 Å². The van der Waals surface area contributed by atoms with Crippen molar-refractivity contribution in [2.24, 2.45) is 0 Å². The fourth-order valence-electron chi connectivity index (χ4n) is 1.28. The lowest BCUT2D eigenvalue weighted by molar-refractivity contribution is -0.141. The van der Waals surface area contributed by atoms with Gasteiger partial charge in [0, 0.05) is 18.0 Å². The van der Waals surface area contributed by atoms with E-state index < -0.39 is 11.9 Å². The second-order valence-corrected chi connectivity index (χ2v) is 3.14. The minimum atomic E-state index is -4.41. The van der Waals surface area contributed by atoms with Crippen molar-refractivity contribution < 1.29 is 13.2 Å². The molecule has 16 heavy (non-hydrogen) atoms. The van der Waals surface area contributed by atoms with E-state index >= 15 is 0 Å². The Labute approximate surface area is 89.8 Å². The SMILES string of the molecule is FC(F)(F)c1cccc(-c2ccncc2)n1. The molecule has 0 fully saturated rings. The minimum Gasteiger partial charge on any atom is -0.265 e.